The van der Waals surface area contributed by atoms with Gasteiger partial charge < -0.3 is 15.1 Å². The van der Waals surface area contributed by atoms with Gasteiger partial charge in [0, 0.05) is 48.5 Å². The summed E-state index contributed by atoms with van der Waals surface area (Å²) >= 11 is 6.29. The van der Waals surface area contributed by atoms with Gasteiger partial charge in [-0.15, -0.1) is 0 Å². The van der Waals surface area contributed by atoms with Crippen LogP contribution in [0.15, 0.2) is 54.6 Å². The molecule has 1 N–H and O–H groups in total. The van der Waals surface area contributed by atoms with Crippen LogP contribution in [0, 0.1) is 6.92 Å². The molecule has 0 amide bonds. The first kappa shape index (κ1) is 18.7. The van der Waals surface area contributed by atoms with Crippen molar-refractivity contribution in [3.63, 3.8) is 0 Å². The van der Waals surface area contributed by atoms with Crippen LogP contribution in [-0.4, -0.2) is 48.1 Å². The number of halogens is 1. The number of benzene rings is 2. The van der Waals surface area contributed by atoms with Crippen LogP contribution in [0.2, 0.25) is 5.02 Å². The van der Waals surface area contributed by atoms with Gasteiger partial charge in [-0.1, -0.05) is 48.0 Å². The molecule has 1 aliphatic rings. The first-order chi connectivity index (χ1) is 13.6. The van der Waals surface area contributed by atoms with Gasteiger partial charge in [-0.2, -0.15) is 0 Å². The molecule has 5 nitrogen and oxygen atoms in total. The zero-order valence-electron chi connectivity index (χ0n) is 16.2. The summed E-state index contributed by atoms with van der Waals surface area (Å²) in [7, 11) is 2.15. The Labute approximate surface area is 171 Å². The monoisotopic (exact) mass is 393 g/mol. The smallest absolute Gasteiger partial charge is 0.163 e. The van der Waals surface area contributed by atoms with Crippen LogP contribution < -0.4 is 10.2 Å². The summed E-state index contributed by atoms with van der Waals surface area (Å²) in [6.45, 7) is 5.97. The van der Waals surface area contributed by atoms with Crippen LogP contribution in [0.5, 0.6) is 0 Å². The molecule has 0 bridgehead atoms. The Balaban J connectivity index is 1.72. The van der Waals surface area contributed by atoms with Gasteiger partial charge in [0.05, 0.1) is 0 Å². The van der Waals surface area contributed by atoms with Crippen molar-refractivity contribution in [1.29, 1.82) is 0 Å². The fraction of sp³-hybridized carbons (Fsp3) is 0.273. The van der Waals surface area contributed by atoms with E-state index in [9.17, 15) is 0 Å². The minimum Gasteiger partial charge on any atom is -0.354 e. The Kier molecular flexibility index (Phi) is 5.46. The Morgan fingerprint density at radius 2 is 1.68 bits per heavy atom. The molecular formula is C22H24ClN5. The third-order valence-corrected chi connectivity index (χ3v) is 5.51. The maximum Gasteiger partial charge on any atom is 0.163 e. The molecule has 0 atom stereocenters. The normalized spacial score (nSPS) is 14.9. The molecule has 3 aromatic rings. The van der Waals surface area contributed by atoms with E-state index in [-0.39, 0.29) is 0 Å². The summed E-state index contributed by atoms with van der Waals surface area (Å²) in [5, 5.41) is 4.18. The highest BCUT2D eigenvalue weighted by molar-refractivity contribution is 6.31. The summed E-state index contributed by atoms with van der Waals surface area (Å²) in [5.74, 6) is 2.44. The van der Waals surface area contributed by atoms with Crippen molar-refractivity contribution in [2.75, 3.05) is 43.4 Å². The Morgan fingerprint density at radius 1 is 0.929 bits per heavy atom. The number of hydrogen-bond donors (Lipinski definition) is 1. The van der Waals surface area contributed by atoms with Crippen molar-refractivity contribution in [2.24, 2.45) is 0 Å². The van der Waals surface area contributed by atoms with Gasteiger partial charge in [0.2, 0.25) is 0 Å². The topological polar surface area (TPSA) is 44.3 Å². The SMILES string of the molecule is Cc1c(Cl)cccc1Nc1cc(N2CCN(C)CC2)nc(-c2ccccc2)n1. The third kappa shape index (κ3) is 4.11. The first-order valence-electron chi connectivity index (χ1n) is 9.50. The molecule has 0 radical (unpaired) electrons. The number of rotatable bonds is 4. The molecular weight excluding hydrogens is 370 g/mol. The van der Waals surface area contributed by atoms with Gasteiger partial charge in [-0.3, -0.25) is 0 Å². The second-order valence-corrected chi connectivity index (χ2v) is 7.54. The van der Waals surface area contributed by atoms with Gasteiger partial charge in [0.25, 0.3) is 0 Å². The number of anilines is 3. The third-order valence-electron chi connectivity index (χ3n) is 5.10. The number of hydrogen-bond acceptors (Lipinski definition) is 5. The van der Waals surface area contributed by atoms with Crippen LogP contribution in [0.1, 0.15) is 5.56 Å². The van der Waals surface area contributed by atoms with Crippen LogP contribution in [0.3, 0.4) is 0 Å². The number of aromatic nitrogens is 2. The average molecular weight is 394 g/mol. The lowest BCUT2D eigenvalue weighted by Crippen LogP contribution is -2.44. The van der Waals surface area contributed by atoms with Gasteiger partial charge in [-0.05, 0) is 31.7 Å². The first-order valence-corrected chi connectivity index (χ1v) is 9.88. The van der Waals surface area contributed by atoms with E-state index in [1.54, 1.807) is 0 Å². The molecule has 1 fully saturated rings. The second-order valence-electron chi connectivity index (χ2n) is 7.13. The summed E-state index contributed by atoms with van der Waals surface area (Å²) in [4.78, 5) is 14.3. The number of nitrogens with one attached hydrogen (secondary N) is 1. The Morgan fingerprint density at radius 3 is 2.43 bits per heavy atom. The zero-order chi connectivity index (χ0) is 19.5. The molecule has 0 unspecified atom stereocenters. The maximum absolute atomic E-state index is 6.29. The van der Waals surface area contributed by atoms with Crippen molar-refractivity contribution in [3.8, 4) is 11.4 Å². The highest BCUT2D eigenvalue weighted by atomic mass is 35.5. The van der Waals surface area contributed by atoms with Gasteiger partial charge in [0.15, 0.2) is 5.82 Å². The Bertz CT molecular complexity index is 952. The zero-order valence-corrected chi connectivity index (χ0v) is 16.9. The van der Waals surface area contributed by atoms with Crippen LogP contribution >= 0.6 is 11.6 Å². The summed E-state index contributed by atoms with van der Waals surface area (Å²) in [6.07, 6.45) is 0. The average Bonchev–Trinajstić information content (AvgIpc) is 2.72. The lowest BCUT2D eigenvalue weighted by Gasteiger charge is -2.33. The highest BCUT2D eigenvalue weighted by Crippen LogP contribution is 2.28. The molecule has 4 rings (SSSR count). The predicted molar refractivity (Wildman–Crippen MR) is 117 cm³/mol. The van der Waals surface area contributed by atoms with E-state index < -0.39 is 0 Å². The number of nitrogens with zero attached hydrogens (tertiary/aromatic N) is 4. The summed E-state index contributed by atoms with van der Waals surface area (Å²) in [5.41, 5.74) is 2.96. The highest BCUT2D eigenvalue weighted by Gasteiger charge is 2.18. The van der Waals surface area contributed by atoms with Gasteiger partial charge in [0.1, 0.15) is 11.6 Å². The van der Waals surface area contributed by atoms with Gasteiger partial charge in [-0.25, -0.2) is 9.97 Å². The minimum atomic E-state index is 0.721. The van der Waals surface area contributed by atoms with Crippen molar-refractivity contribution >= 4 is 28.9 Å². The van der Waals surface area contributed by atoms with Crippen molar-refractivity contribution in [2.45, 2.75) is 6.92 Å². The molecule has 1 saturated heterocycles. The van der Waals surface area contributed by atoms with E-state index in [1.807, 2.05) is 61.5 Å². The summed E-state index contributed by atoms with van der Waals surface area (Å²) < 4.78 is 0. The molecule has 6 heteroatoms. The van der Waals surface area contributed by atoms with E-state index in [0.717, 1.165) is 65.5 Å². The maximum atomic E-state index is 6.29. The molecule has 2 aromatic carbocycles. The van der Waals surface area contributed by atoms with E-state index in [0.29, 0.717) is 0 Å². The molecule has 0 saturated carbocycles. The van der Waals surface area contributed by atoms with E-state index >= 15 is 0 Å². The molecule has 0 aliphatic carbocycles. The summed E-state index contributed by atoms with van der Waals surface area (Å²) in [6, 6.07) is 18.0. The quantitative estimate of drug-likeness (QED) is 0.701. The molecule has 1 aliphatic heterocycles. The molecule has 144 valence electrons. The predicted octanol–water partition coefficient (Wildman–Crippen LogP) is 4.60. The largest absolute Gasteiger partial charge is 0.354 e. The van der Waals surface area contributed by atoms with Crippen LogP contribution in [0.4, 0.5) is 17.3 Å². The van der Waals surface area contributed by atoms with E-state index in [4.69, 9.17) is 21.6 Å². The Hall–Kier alpha value is -2.63. The van der Waals surface area contributed by atoms with E-state index in [2.05, 4.69) is 22.2 Å². The van der Waals surface area contributed by atoms with Gasteiger partial charge >= 0.3 is 0 Å². The van der Waals surface area contributed by atoms with Crippen molar-refractivity contribution in [1.82, 2.24) is 14.9 Å². The van der Waals surface area contributed by atoms with Crippen molar-refractivity contribution in [3.05, 3.63) is 65.2 Å². The second kappa shape index (κ2) is 8.17. The van der Waals surface area contributed by atoms with Crippen LogP contribution in [0.25, 0.3) is 11.4 Å². The lowest BCUT2D eigenvalue weighted by atomic mass is 10.2. The lowest BCUT2D eigenvalue weighted by molar-refractivity contribution is 0.312. The van der Waals surface area contributed by atoms with E-state index in [1.165, 1.54) is 0 Å². The fourth-order valence-corrected chi connectivity index (χ4v) is 3.47. The molecule has 0 spiro atoms. The van der Waals surface area contributed by atoms with Crippen molar-refractivity contribution < 1.29 is 0 Å². The fourth-order valence-electron chi connectivity index (χ4n) is 3.29. The molecule has 28 heavy (non-hydrogen) atoms. The number of likely N-dealkylation sites (N-methyl/N-ethyl adjacent to an activating group) is 1. The minimum absolute atomic E-state index is 0.721. The number of piperazine rings is 1. The van der Waals surface area contributed by atoms with Crippen LogP contribution in [-0.2, 0) is 0 Å². The molecule has 1 aromatic heterocycles. The molecule has 2 heterocycles. The standard InChI is InChI=1S/C22H24ClN5/c1-16-18(23)9-6-10-19(16)24-20-15-21(28-13-11-27(2)12-14-28)26-22(25-20)17-7-4-3-5-8-17/h3-10,15H,11-14H2,1-2H3,(H,24,25,26).